The monoisotopic (exact) mass is 619 g/mol. The van der Waals surface area contributed by atoms with E-state index in [1.807, 2.05) is 48.5 Å². The Morgan fingerprint density at radius 1 is 0.609 bits per heavy atom. The number of hydrogen-bond donors (Lipinski definition) is 1. The summed E-state index contributed by atoms with van der Waals surface area (Å²) in [5.74, 6) is -0.567. The largest absolute Gasteiger partial charge is 0.459 e. The normalized spacial score (nSPS) is 20.8. The summed E-state index contributed by atoms with van der Waals surface area (Å²) >= 11 is 0. The second-order valence-corrected chi connectivity index (χ2v) is 16.8. The van der Waals surface area contributed by atoms with Crippen LogP contribution in [0.3, 0.4) is 0 Å². The molecule has 0 atom stereocenters. The van der Waals surface area contributed by atoms with Gasteiger partial charge in [0.1, 0.15) is 12.2 Å². The average molecular weight is 620 g/mol. The van der Waals surface area contributed by atoms with E-state index in [1.165, 1.54) is 0 Å². The van der Waals surface area contributed by atoms with Gasteiger partial charge in [-0.3, -0.25) is 0 Å². The highest BCUT2D eigenvalue weighted by atomic mass is 16.5. The van der Waals surface area contributed by atoms with Crippen molar-refractivity contribution in [2.45, 2.75) is 111 Å². The van der Waals surface area contributed by atoms with E-state index in [2.05, 4.69) is 85.0 Å². The fraction of sp³-hybridized carbons (Fsp3) is 0.463. The summed E-state index contributed by atoms with van der Waals surface area (Å²) in [5.41, 5.74) is 3.05. The second kappa shape index (κ2) is 11.5. The fourth-order valence-corrected chi connectivity index (χ4v) is 8.77. The highest BCUT2D eigenvalue weighted by Crippen LogP contribution is 2.47. The Labute approximate surface area is 274 Å². The predicted molar refractivity (Wildman–Crippen MR) is 187 cm³/mol. The van der Waals surface area contributed by atoms with Crippen LogP contribution in [0.25, 0.3) is 32.7 Å². The van der Waals surface area contributed by atoms with Gasteiger partial charge in [-0.2, -0.15) is 0 Å². The maximum absolute atomic E-state index is 13.8. The molecule has 242 valence electrons. The number of carbonyl (C=O) groups excluding carboxylic acids is 2. The van der Waals surface area contributed by atoms with Crippen LogP contribution in [0.5, 0.6) is 0 Å². The number of esters is 2. The van der Waals surface area contributed by atoms with Crippen molar-refractivity contribution in [3.8, 4) is 11.1 Å². The summed E-state index contributed by atoms with van der Waals surface area (Å²) < 4.78 is 12.3. The molecular formula is C41H49NO4. The molecule has 0 amide bonds. The van der Waals surface area contributed by atoms with Crippen LogP contribution >= 0.6 is 0 Å². The van der Waals surface area contributed by atoms with Crippen LogP contribution in [0.2, 0.25) is 0 Å². The van der Waals surface area contributed by atoms with Crippen LogP contribution in [0.4, 0.5) is 0 Å². The van der Waals surface area contributed by atoms with Crippen LogP contribution in [-0.4, -0.2) is 35.2 Å². The first-order chi connectivity index (χ1) is 21.5. The van der Waals surface area contributed by atoms with E-state index in [-0.39, 0.29) is 46.1 Å². The molecule has 0 aromatic heterocycles. The lowest BCUT2D eigenvalue weighted by atomic mass is 9.64. The zero-order valence-electron chi connectivity index (χ0n) is 28.8. The van der Waals surface area contributed by atoms with Crippen molar-refractivity contribution >= 4 is 33.5 Å². The van der Waals surface area contributed by atoms with E-state index in [9.17, 15) is 9.59 Å². The van der Waals surface area contributed by atoms with Gasteiger partial charge in [0, 0.05) is 23.9 Å². The summed E-state index contributed by atoms with van der Waals surface area (Å²) in [7, 11) is 0. The number of fused-ring (bicyclic) bond motifs is 2. The van der Waals surface area contributed by atoms with Gasteiger partial charge in [0.15, 0.2) is 0 Å². The van der Waals surface area contributed by atoms with Gasteiger partial charge in [0.2, 0.25) is 0 Å². The zero-order valence-corrected chi connectivity index (χ0v) is 28.8. The van der Waals surface area contributed by atoms with E-state index < -0.39 is 0 Å². The molecule has 2 fully saturated rings. The molecule has 2 aliphatic rings. The van der Waals surface area contributed by atoms with Gasteiger partial charge in [-0.05, 0) is 121 Å². The lowest BCUT2D eigenvalue weighted by molar-refractivity contribution is -0.0282. The average Bonchev–Trinajstić information content (AvgIpc) is 2.92. The fourth-order valence-electron chi connectivity index (χ4n) is 8.77. The second-order valence-electron chi connectivity index (χ2n) is 16.8. The highest BCUT2D eigenvalue weighted by Gasteiger charge is 2.41. The third kappa shape index (κ3) is 7.15. The molecule has 1 saturated carbocycles. The molecule has 0 spiro atoms. The number of rotatable bonds is 5. The van der Waals surface area contributed by atoms with Gasteiger partial charge in [-0.1, -0.05) is 70.2 Å². The van der Waals surface area contributed by atoms with Crippen LogP contribution in [0, 0.1) is 10.8 Å². The predicted octanol–water partition coefficient (Wildman–Crippen LogP) is 9.89. The number of nitrogens with one attached hydrogen (secondary N) is 1. The molecular weight excluding hydrogens is 570 g/mol. The third-order valence-corrected chi connectivity index (χ3v) is 9.71. The molecule has 0 radical (unpaired) electrons. The minimum Gasteiger partial charge on any atom is -0.459 e. The van der Waals surface area contributed by atoms with E-state index in [1.54, 1.807) is 0 Å². The quantitative estimate of drug-likeness (QED) is 0.225. The molecule has 4 aromatic carbocycles. The molecule has 6 rings (SSSR count). The van der Waals surface area contributed by atoms with Crippen molar-refractivity contribution in [3.05, 3.63) is 83.9 Å². The maximum Gasteiger partial charge on any atom is 0.339 e. The summed E-state index contributed by atoms with van der Waals surface area (Å²) in [6.07, 6.45) is 4.11. The molecule has 4 aromatic rings. The summed E-state index contributed by atoms with van der Waals surface area (Å²) in [6.45, 7) is 17.7. The molecule has 1 N–H and O–H groups in total. The van der Waals surface area contributed by atoms with Gasteiger partial charge >= 0.3 is 11.9 Å². The molecule has 1 saturated heterocycles. The lowest BCUT2D eigenvalue weighted by Crippen LogP contribution is -2.59. The van der Waals surface area contributed by atoms with Crippen LogP contribution in [0.1, 0.15) is 108 Å². The SMILES string of the molecule is CC1(C)CC(OC(=O)c2cc(-c3ccc4ccc(C(=O)OC5CC(C)(C)NC(C)(C)C5)cc4c3)cc3ccccc23)CC(C)(C)C1. The zero-order chi connectivity index (χ0) is 33.1. The van der Waals surface area contributed by atoms with E-state index >= 15 is 0 Å². The smallest absolute Gasteiger partial charge is 0.339 e. The first-order valence-corrected chi connectivity index (χ1v) is 16.8. The first kappa shape index (κ1) is 32.2. The van der Waals surface area contributed by atoms with Crippen LogP contribution in [0.15, 0.2) is 72.8 Å². The van der Waals surface area contributed by atoms with Gasteiger partial charge in [-0.15, -0.1) is 0 Å². The number of ether oxygens (including phenoxy) is 2. The van der Waals surface area contributed by atoms with Crippen molar-refractivity contribution in [1.82, 2.24) is 5.32 Å². The molecule has 0 bridgehead atoms. The maximum atomic E-state index is 13.8. The van der Waals surface area contributed by atoms with Crippen molar-refractivity contribution in [2.24, 2.45) is 10.8 Å². The van der Waals surface area contributed by atoms with Crippen LogP contribution in [-0.2, 0) is 9.47 Å². The Hall–Kier alpha value is -3.70. The summed E-state index contributed by atoms with van der Waals surface area (Å²) in [6, 6.07) is 24.1. The van der Waals surface area contributed by atoms with Crippen LogP contribution < -0.4 is 5.32 Å². The Bertz CT molecular complexity index is 1780. The van der Waals surface area contributed by atoms with Crippen molar-refractivity contribution < 1.29 is 19.1 Å². The Morgan fingerprint density at radius 3 is 1.89 bits per heavy atom. The molecule has 1 heterocycles. The number of piperidine rings is 1. The lowest BCUT2D eigenvalue weighted by Gasteiger charge is -2.45. The molecule has 46 heavy (non-hydrogen) atoms. The minimum absolute atomic E-state index is 0.111. The molecule has 0 unspecified atom stereocenters. The number of benzene rings is 4. The Morgan fingerprint density at radius 2 is 1.20 bits per heavy atom. The molecule has 1 aliphatic carbocycles. The van der Waals surface area contributed by atoms with Crippen molar-refractivity contribution in [2.75, 3.05) is 0 Å². The summed E-state index contributed by atoms with van der Waals surface area (Å²) in [5, 5.41) is 7.51. The highest BCUT2D eigenvalue weighted by molar-refractivity contribution is 6.07. The standard InChI is InChI=1S/C41H49NO4/c1-38(2)21-32(22-39(3,4)25-38)46-37(44)35-20-31(18-28-11-9-10-12-34(28)35)27-15-13-26-14-16-29(19-30(26)17-27)36(43)45-33-23-40(5,6)42-41(7,8)24-33/h9-20,32-33,42H,21-25H2,1-8H3. The molecule has 5 nitrogen and oxygen atoms in total. The van der Waals surface area contributed by atoms with E-state index in [4.69, 9.17) is 9.47 Å². The Balaban J connectivity index is 1.29. The van der Waals surface area contributed by atoms with Gasteiger partial charge in [0.25, 0.3) is 0 Å². The number of hydrogen-bond acceptors (Lipinski definition) is 5. The Kier molecular flexibility index (Phi) is 8.08. The van der Waals surface area contributed by atoms with Gasteiger partial charge in [-0.25, -0.2) is 9.59 Å². The molecule has 1 aliphatic heterocycles. The topological polar surface area (TPSA) is 64.6 Å². The summed E-state index contributed by atoms with van der Waals surface area (Å²) in [4.78, 5) is 27.2. The van der Waals surface area contributed by atoms with Gasteiger partial charge < -0.3 is 14.8 Å². The van der Waals surface area contributed by atoms with Crippen molar-refractivity contribution in [3.63, 3.8) is 0 Å². The van der Waals surface area contributed by atoms with Gasteiger partial charge in [0.05, 0.1) is 11.1 Å². The first-order valence-electron chi connectivity index (χ1n) is 16.8. The van der Waals surface area contributed by atoms with Crippen molar-refractivity contribution in [1.29, 1.82) is 0 Å². The number of carbonyl (C=O) groups is 2. The third-order valence-electron chi connectivity index (χ3n) is 9.71. The molecule has 5 heteroatoms. The minimum atomic E-state index is -0.296. The van der Waals surface area contributed by atoms with E-state index in [0.717, 1.165) is 64.8 Å². The van der Waals surface area contributed by atoms with E-state index in [0.29, 0.717) is 11.1 Å².